The number of hydrogen-bond acceptors (Lipinski definition) is 3. The fourth-order valence-corrected chi connectivity index (χ4v) is 0.655. The van der Waals surface area contributed by atoms with Gasteiger partial charge in [-0.15, -0.1) is 0 Å². The van der Waals surface area contributed by atoms with Crippen LogP contribution in [0, 0.1) is 0 Å². The summed E-state index contributed by atoms with van der Waals surface area (Å²) in [7, 11) is 2.11. The number of carboxylic acid groups (broad SMARTS) is 1. The topological polar surface area (TPSA) is 49.8 Å². The summed E-state index contributed by atoms with van der Waals surface area (Å²) in [5.74, 6) is 0. The zero-order chi connectivity index (χ0) is 9.82. The quantitative estimate of drug-likeness (QED) is 0.553. The normalized spacial score (nSPS) is 16.2. The van der Waals surface area contributed by atoms with Crippen LogP contribution < -0.4 is 0 Å². The van der Waals surface area contributed by atoms with Gasteiger partial charge in [-0.2, -0.15) is 0 Å². The second kappa shape index (κ2) is 13.0. The summed E-state index contributed by atoms with van der Waals surface area (Å²) in [6.45, 7) is 7.77. The fraction of sp³-hybridized carbons (Fsp3) is 0.875. The van der Waals surface area contributed by atoms with Gasteiger partial charge in [-0.3, -0.25) is 4.79 Å². The first-order valence-corrected chi connectivity index (χ1v) is 4.15. The minimum atomic E-state index is -0.250. The molecule has 0 aromatic heterocycles. The predicted octanol–water partition coefficient (Wildman–Crippen LogP) is 0.675. The van der Waals surface area contributed by atoms with E-state index >= 15 is 0 Å². The highest BCUT2D eigenvalue weighted by Gasteiger charge is 2.02. The van der Waals surface area contributed by atoms with Crippen LogP contribution in [0.5, 0.6) is 0 Å². The number of ether oxygens (including phenoxy) is 1. The third kappa shape index (κ3) is 12.1. The minimum absolute atomic E-state index is 0.250. The third-order valence-electron chi connectivity index (χ3n) is 1.23. The van der Waals surface area contributed by atoms with Crippen LogP contribution >= 0.6 is 0 Å². The Labute approximate surface area is 74.1 Å². The predicted molar refractivity (Wildman–Crippen MR) is 48.4 cm³/mol. The molecule has 1 fully saturated rings. The molecule has 1 heterocycles. The molecule has 0 spiro atoms. The van der Waals surface area contributed by atoms with E-state index in [1.54, 1.807) is 0 Å². The highest BCUT2D eigenvalue weighted by atomic mass is 16.5. The van der Waals surface area contributed by atoms with Gasteiger partial charge in [-0.1, -0.05) is 13.8 Å². The minimum Gasteiger partial charge on any atom is -0.483 e. The monoisotopic (exact) mass is 177 g/mol. The number of hydrogen-bond donors (Lipinski definition) is 1. The largest absolute Gasteiger partial charge is 0.483 e. The molecule has 1 aliphatic heterocycles. The molecule has 0 atom stereocenters. The summed E-state index contributed by atoms with van der Waals surface area (Å²) in [4.78, 5) is 10.6. The van der Waals surface area contributed by atoms with Gasteiger partial charge < -0.3 is 14.7 Å². The lowest BCUT2D eigenvalue weighted by Gasteiger charge is -2.21. The Kier molecular flexibility index (Phi) is 15.1. The molecule has 0 radical (unpaired) electrons. The summed E-state index contributed by atoms with van der Waals surface area (Å²) < 4.78 is 5.10. The second-order valence-corrected chi connectivity index (χ2v) is 2.02. The average Bonchev–Trinajstić information content (AvgIpc) is 2.11. The maximum atomic E-state index is 8.36. The molecule has 4 heteroatoms. The Morgan fingerprint density at radius 1 is 1.33 bits per heavy atom. The van der Waals surface area contributed by atoms with Crippen LogP contribution in [-0.4, -0.2) is 49.8 Å². The van der Waals surface area contributed by atoms with Crippen molar-refractivity contribution in [1.29, 1.82) is 0 Å². The Bertz CT molecular complexity index is 82.4. The molecule has 1 N–H and O–H groups in total. The van der Waals surface area contributed by atoms with Gasteiger partial charge in [0.15, 0.2) is 0 Å². The number of nitrogens with zero attached hydrogens (tertiary/aromatic N) is 1. The summed E-state index contributed by atoms with van der Waals surface area (Å²) in [5, 5.41) is 6.89. The van der Waals surface area contributed by atoms with E-state index in [1.807, 2.05) is 13.8 Å². The van der Waals surface area contributed by atoms with E-state index in [9.17, 15) is 0 Å². The summed E-state index contributed by atoms with van der Waals surface area (Å²) in [6, 6.07) is 0. The van der Waals surface area contributed by atoms with Crippen LogP contribution in [0.15, 0.2) is 0 Å². The zero-order valence-electron chi connectivity index (χ0n) is 8.12. The van der Waals surface area contributed by atoms with Crippen LogP contribution in [0.4, 0.5) is 0 Å². The van der Waals surface area contributed by atoms with Gasteiger partial charge in [-0.05, 0) is 7.05 Å². The van der Waals surface area contributed by atoms with Crippen molar-refractivity contribution in [3.05, 3.63) is 0 Å². The molecule has 0 unspecified atom stereocenters. The van der Waals surface area contributed by atoms with Crippen molar-refractivity contribution >= 4 is 6.47 Å². The number of morpholine rings is 1. The lowest BCUT2D eigenvalue weighted by atomic mass is 10.5. The molecule has 0 aromatic rings. The zero-order valence-corrected chi connectivity index (χ0v) is 8.12. The smallest absolute Gasteiger partial charge is 0.290 e. The SMILES string of the molecule is CC.CN1CCOCC1.O=CO. The summed E-state index contributed by atoms with van der Waals surface area (Å²) >= 11 is 0. The Morgan fingerprint density at radius 2 is 1.67 bits per heavy atom. The molecule has 12 heavy (non-hydrogen) atoms. The molecule has 0 saturated carbocycles. The molecular weight excluding hydrogens is 158 g/mol. The van der Waals surface area contributed by atoms with E-state index in [0.29, 0.717) is 0 Å². The molecule has 1 aliphatic rings. The van der Waals surface area contributed by atoms with Crippen molar-refractivity contribution < 1.29 is 14.6 Å². The van der Waals surface area contributed by atoms with Crippen molar-refractivity contribution in [2.75, 3.05) is 33.4 Å². The van der Waals surface area contributed by atoms with Gasteiger partial charge in [0.1, 0.15) is 0 Å². The highest BCUT2D eigenvalue weighted by Crippen LogP contribution is 1.89. The van der Waals surface area contributed by atoms with Crippen LogP contribution in [0.25, 0.3) is 0 Å². The van der Waals surface area contributed by atoms with E-state index < -0.39 is 0 Å². The van der Waals surface area contributed by atoms with Crippen LogP contribution in [-0.2, 0) is 9.53 Å². The molecule has 74 valence electrons. The van der Waals surface area contributed by atoms with Crippen LogP contribution in [0.3, 0.4) is 0 Å². The lowest BCUT2D eigenvalue weighted by Crippen LogP contribution is -2.32. The van der Waals surface area contributed by atoms with Crippen LogP contribution in [0.2, 0.25) is 0 Å². The van der Waals surface area contributed by atoms with Crippen molar-refractivity contribution in [1.82, 2.24) is 4.90 Å². The van der Waals surface area contributed by atoms with Crippen molar-refractivity contribution in [2.45, 2.75) is 13.8 Å². The van der Waals surface area contributed by atoms with Gasteiger partial charge in [-0.25, -0.2) is 0 Å². The number of likely N-dealkylation sites (N-methyl/N-ethyl adjacent to an activating group) is 1. The lowest BCUT2D eigenvalue weighted by molar-refractivity contribution is -0.122. The van der Waals surface area contributed by atoms with E-state index in [2.05, 4.69) is 11.9 Å². The highest BCUT2D eigenvalue weighted by molar-refractivity contribution is 5.32. The van der Waals surface area contributed by atoms with Crippen molar-refractivity contribution in [2.24, 2.45) is 0 Å². The average molecular weight is 177 g/mol. The molecule has 1 saturated heterocycles. The van der Waals surface area contributed by atoms with Crippen molar-refractivity contribution in [3.63, 3.8) is 0 Å². The molecule has 0 aliphatic carbocycles. The standard InChI is InChI=1S/C5H11NO.C2H6.CH2O2/c1-6-2-4-7-5-3-6;1-2;2-1-3/h2-5H2,1H3;1-2H3;1H,(H,2,3). The number of carbonyl (C=O) groups is 1. The van der Waals surface area contributed by atoms with Gasteiger partial charge in [0.2, 0.25) is 0 Å². The van der Waals surface area contributed by atoms with Crippen LogP contribution in [0.1, 0.15) is 13.8 Å². The Balaban J connectivity index is 0. The van der Waals surface area contributed by atoms with E-state index in [0.717, 1.165) is 26.3 Å². The van der Waals surface area contributed by atoms with Crippen molar-refractivity contribution in [3.8, 4) is 0 Å². The molecule has 4 nitrogen and oxygen atoms in total. The first-order chi connectivity index (χ1) is 5.81. The molecule has 0 aromatic carbocycles. The first kappa shape index (κ1) is 13.9. The van der Waals surface area contributed by atoms with Gasteiger partial charge in [0.25, 0.3) is 6.47 Å². The first-order valence-electron chi connectivity index (χ1n) is 4.15. The Hall–Kier alpha value is -0.610. The van der Waals surface area contributed by atoms with Gasteiger partial charge in [0, 0.05) is 13.1 Å². The summed E-state index contributed by atoms with van der Waals surface area (Å²) in [6.07, 6.45) is 0. The van der Waals surface area contributed by atoms with Gasteiger partial charge >= 0.3 is 0 Å². The molecule has 1 rings (SSSR count). The Morgan fingerprint density at radius 3 is 1.83 bits per heavy atom. The molecular formula is C8H19NO3. The van der Waals surface area contributed by atoms with Gasteiger partial charge in [0.05, 0.1) is 13.2 Å². The maximum absolute atomic E-state index is 8.36. The molecule has 0 amide bonds. The number of rotatable bonds is 0. The second-order valence-electron chi connectivity index (χ2n) is 2.02. The summed E-state index contributed by atoms with van der Waals surface area (Å²) in [5.41, 5.74) is 0. The third-order valence-corrected chi connectivity index (χ3v) is 1.23. The fourth-order valence-electron chi connectivity index (χ4n) is 0.655. The van der Waals surface area contributed by atoms with E-state index in [-0.39, 0.29) is 6.47 Å². The van der Waals surface area contributed by atoms with E-state index in [4.69, 9.17) is 14.6 Å². The van der Waals surface area contributed by atoms with E-state index in [1.165, 1.54) is 0 Å². The molecule has 0 bridgehead atoms. The maximum Gasteiger partial charge on any atom is 0.290 e.